The maximum Gasteiger partial charge on any atom is 0.244 e. The summed E-state index contributed by atoms with van der Waals surface area (Å²) in [6.45, 7) is 5.55. The van der Waals surface area contributed by atoms with Crippen molar-refractivity contribution in [3.8, 4) is 5.75 Å². The Kier molecular flexibility index (Phi) is 7.07. The van der Waals surface area contributed by atoms with Gasteiger partial charge in [0.15, 0.2) is 0 Å². The molecule has 152 valence electrons. The summed E-state index contributed by atoms with van der Waals surface area (Å²) in [5, 5.41) is 2.94. The second-order valence-electron chi connectivity index (χ2n) is 6.83. The fraction of sp³-hybridized carbons (Fsp3) is 0.381. The quantitative estimate of drug-likeness (QED) is 0.731. The normalized spacial score (nSPS) is 13.5. The largest absolute Gasteiger partial charge is 0.497 e. The Labute approximate surface area is 167 Å². The molecule has 0 radical (unpaired) electrons. The van der Waals surface area contributed by atoms with E-state index in [9.17, 15) is 13.2 Å². The van der Waals surface area contributed by atoms with E-state index >= 15 is 0 Å². The fourth-order valence-electron chi connectivity index (χ4n) is 3.11. The number of amides is 1. The lowest BCUT2D eigenvalue weighted by atomic mass is 10.1. The molecule has 1 N–H and O–H groups in total. The highest BCUT2D eigenvalue weighted by Crippen LogP contribution is 2.24. The third kappa shape index (κ3) is 5.25. The van der Waals surface area contributed by atoms with E-state index in [0.29, 0.717) is 12.1 Å². The molecule has 7 heteroatoms. The molecule has 0 fully saturated rings. The van der Waals surface area contributed by atoms with E-state index in [2.05, 4.69) is 5.32 Å². The van der Waals surface area contributed by atoms with Crippen LogP contribution in [-0.4, -0.2) is 33.7 Å². The number of nitrogens with one attached hydrogen (secondary N) is 1. The van der Waals surface area contributed by atoms with Crippen molar-refractivity contribution in [3.63, 3.8) is 0 Å². The van der Waals surface area contributed by atoms with E-state index in [0.717, 1.165) is 23.1 Å². The van der Waals surface area contributed by atoms with Crippen LogP contribution in [0.4, 0.5) is 5.69 Å². The smallest absolute Gasteiger partial charge is 0.244 e. The van der Waals surface area contributed by atoms with Crippen LogP contribution in [0.2, 0.25) is 0 Å². The number of methoxy groups -OCH3 is 1. The van der Waals surface area contributed by atoms with E-state index in [4.69, 9.17) is 4.74 Å². The number of benzene rings is 2. The average molecular weight is 405 g/mol. The molecule has 0 aromatic heterocycles. The number of ether oxygens (including phenoxy) is 1. The minimum absolute atomic E-state index is 0.272. The van der Waals surface area contributed by atoms with Gasteiger partial charge in [-0.1, -0.05) is 31.2 Å². The van der Waals surface area contributed by atoms with Gasteiger partial charge in [0.25, 0.3) is 0 Å². The van der Waals surface area contributed by atoms with Crippen molar-refractivity contribution in [1.29, 1.82) is 0 Å². The van der Waals surface area contributed by atoms with Crippen molar-refractivity contribution in [2.24, 2.45) is 0 Å². The zero-order valence-corrected chi connectivity index (χ0v) is 17.8. The maximum absolute atomic E-state index is 13.0. The Bertz CT molecular complexity index is 910. The Morgan fingerprint density at radius 1 is 1.18 bits per heavy atom. The van der Waals surface area contributed by atoms with Crippen molar-refractivity contribution in [2.75, 3.05) is 17.7 Å². The highest BCUT2D eigenvalue weighted by Gasteiger charge is 2.32. The van der Waals surface area contributed by atoms with Gasteiger partial charge in [0.1, 0.15) is 11.8 Å². The number of hydrogen-bond acceptors (Lipinski definition) is 4. The molecule has 0 aliphatic heterocycles. The molecule has 0 bridgehead atoms. The molecule has 0 heterocycles. The van der Waals surface area contributed by atoms with Crippen molar-refractivity contribution in [2.45, 2.75) is 39.3 Å². The molecule has 0 spiro atoms. The molecule has 2 aromatic carbocycles. The second-order valence-corrected chi connectivity index (χ2v) is 8.68. The molecular weight excluding hydrogens is 376 g/mol. The van der Waals surface area contributed by atoms with Crippen molar-refractivity contribution in [3.05, 3.63) is 59.7 Å². The maximum atomic E-state index is 13.0. The summed E-state index contributed by atoms with van der Waals surface area (Å²) < 4.78 is 31.4. The number of anilines is 1. The van der Waals surface area contributed by atoms with Crippen LogP contribution >= 0.6 is 0 Å². The number of rotatable bonds is 8. The van der Waals surface area contributed by atoms with Crippen LogP contribution in [0, 0.1) is 6.92 Å². The standard InChI is InChI=1S/C21H28N2O4S/c1-6-20(23(28(5,25)26)18-9-7-8-15(2)14-18)21(24)22-16(3)17-10-12-19(27-4)13-11-17/h7-14,16,20H,6H2,1-5H3,(H,22,24)/t16-,20+/m0/s1. The Morgan fingerprint density at radius 3 is 2.32 bits per heavy atom. The minimum atomic E-state index is -3.64. The number of nitrogens with zero attached hydrogens (tertiary/aromatic N) is 1. The van der Waals surface area contributed by atoms with Gasteiger partial charge in [-0.25, -0.2) is 8.42 Å². The molecule has 2 atom stereocenters. The van der Waals surface area contributed by atoms with Gasteiger partial charge < -0.3 is 10.1 Å². The van der Waals surface area contributed by atoms with Crippen LogP contribution in [0.5, 0.6) is 5.75 Å². The van der Waals surface area contributed by atoms with Crippen LogP contribution in [-0.2, 0) is 14.8 Å². The second kappa shape index (κ2) is 9.10. The van der Waals surface area contributed by atoms with E-state index in [1.807, 2.05) is 44.2 Å². The van der Waals surface area contributed by atoms with Gasteiger partial charge in [0, 0.05) is 0 Å². The van der Waals surface area contributed by atoms with Gasteiger partial charge >= 0.3 is 0 Å². The first-order valence-corrected chi connectivity index (χ1v) is 11.0. The Hall–Kier alpha value is -2.54. The highest BCUT2D eigenvalue weighted by atomic mass is 32.2. The predicted octanol–water partition coefficient (Wildman–Crippen LogP) is 3.43. The van der Waals surface area contributed by atoms with Gasteiger partial charge in [-0.05, 0) is 55.7 Å². The summed E-state index contributed by atoms with van der Waals surface area (Å²) >= 11 is 0. The lowest BCUT2D eigenvalue weighted by Crippen LogP contribution is -2.49. The third-order valence-corrected chi connectivity index (χ3v) is 5.74. The van der Waals surface area contributed by atoms with E-state index < -0.39 is 16.1 Å². The zero-order valence-electron chi connectivity index (χ0n) is 17.0. The van der Waals surface area contributed by atoms with Gasteiger partial charge in [0.2, 0.25) is 15.9 Å². The summed E-state index contributed by atoms with van der Waals surface area (Å²) in [6.07, 6.45) is 1.47. The molecule has 0 saturated heterocycles. The monoisotopic (exact) mass is 404 g/mol. The average Bonchev–Trinajstić information content (AvgIpc) is 2.64. The zero-order chi connectivity index (χ0) is 20.9. The number of aryl methyl sites for hydroxylation is 1. The lowest BCUT2D eigenvalue weighted by Gasteiger charge is -2.31. The number of carbonyl (C=O) groups is 1. The molecule has 6 nitrogen and oxygen atoms in total. The van der Waals surface area contributed by atoms with Crippen molar-refractivity contribution >= 4 is 21.6 Å². The predicted molar refractivity (Wildman–Crippen MR) is 112 cm³/mol. The van der Waals surface area contributed by atoms with Gasteiger partial charge in [-0.3, -0.25) is 9.10 Å². The first kappa shape index (κ1) is 21.8. The summed E-state index contributed by atoms with van der Waals surface area (Å²) in [4.78, 5) is 13.0. The first-order valence-electron chi connectivity index (χ1n) is 9.17. The summed E-state index contributed by atoms with van der Waals surface area (Å²) in [5.74, 6) is 0.397. The third-order valence-electron chi connectivity index (χ3n) is 4.56. The van der Waals surface area contributed by atoms with Gasteiger partial charge in [0.05, 0.1) is 25.1 Å². The SMILES string of the molecule is CC[C@H](C(=O)N[C@@H](C)c1ccc(OC)cc1)N(c1cccc(C)c1)S(C)(=O)=O. The molecule has 1 amide bonds. The topological polar surface area (TPSA) is 75.7 Å². The van der Waals surface area contributed by atoms with Crippen LogP contribution in [0.1, 0.15) is 37.4 Å². The van der Waals surface area contributed by atoms with Gasteiger partial charge in [-0.2, -0.15) is 0 Å². The summed E-state index contributed by atoms with van der Waals surface area (Å²) in [7, 11) is -2.05. The fourth-order valence-corrected chi connectivity index (χ4v) is 4.31. The van der Waals surface area contributed by atoms with Crippen LogP contribution in [0.3, 0.4) is 0 Å². The molecule has 0 aliphatic rings. The molecular formula is C21H28N2O4S. The Balaban J connectivity index is 2.28. The molecule has 0 saturated carbocycles. The minimum Gasteiger partial charge on any atom is -0.497 e. The molecule has 2 aromatic rings. The highest BCUT2D eigenvalue weighted by molar-refractivity contribution is 7.92. The van der Waals surface area contributed by atoms with Crippen molar-refractivity contribution in [1.82, 2.24) is 5.32 Å². The van der Waals surface area contributed by atoms with E-state index in [1.165, 1.54) is 4.31 Å². The molecule has 28 heavy (non-hydrogen) atoms. The number of carbonyl (C=O) groups excluding carboxylic acids is 1. The summed E-state index contributed by atoms with van der Waals surface area (Å²) in [6, 6.07) is 13.4. The number of sulfonamides is 1. The molecule has 0 aliphatic carbocycles. The van der Waals surface area contributed by atoms with E-state index in [-0.39, 0.29) is 11.9 Å². The summed E-state index contributed by atoms with van der Waals surface area (Å²) in [5.41, 5.74) is 2.32. The lowest BCUT2D eigenvalue weighted by molar-refractivity contribution is -0.122. The van der Waals surface area contributed by atoms with Crippen LogP contribution in [0.25, 0.3) is 0 Å². The van der Waals surface area contributed by atoms with Crippen molar-refractivity contribution < 1.29 is 17.9 Å². The molecule has 0 unspecified atom stereocenters. The molecule has 2 rings (SSSR count). The first-order chi connectivity index (χ1) is 13.2. The number of hydrogen-bond donors (Lipinski definition) is 1. The van der Waals surface area contributed by atoms with Crippen LogP contribution < -0.4 is 14.4 Å². The van der Waals surface area contributed by atoms with Crippen LogP contribution in [0.15, 0.2) is 48.5 Å². The van der Waals surface area contributed by atoms with E-state index in [1.54, 1.807) is 32.2 Å². The Morgan fingerprint density at radius 2 is 1.82 bits per heavy atom. The van der Waals surface area contributed by atoms with Gasteiger partial charge in [-0.15, -0.1) is 0 Å².